The molecule has 3 fully saturated rings. The Labute approximate surface area is 137 Å². The van der Waals surface area contributed by atoms with Gasteiger partial charge in [0.25, 0.3) is 5.91 Å². The summed E-state index contributed by atoms with van der Waals surface area (Å²) in [7, 11) is 0. The fourth-order valence-electron chi connectivity index (χ4n) is 5.25. The van der Waals surface area contributed by atoms with Crippen LogP contribution in [-0.4, -0.2) is 16.7 Å². The maximum absolute atomic E-state index is 11.4. The van der Waals surface area contributed by atoms with Crippen molar-refractivity contribution in [1.29, 1.82) is 0 Å². The number of hydroxylamine groups is 1. The van der Waals surface area contributed by atoms with Crippen LogP contribution < -0.4 is 10.8 Å². The van der Waals surface area contributed by atoms with Gasteiger partial charge in [0.1, 0.15) is 0 Å². The first-order valence-corrected chi connectivity index (χ1v) is 8.85. The van der Waals surface area contributed by atoms with Crippen LogP contribution in [0.3, 0.4) is 0 Å². The van der Waals surface area contributed by atoms with Crippen molar-refractivity contribution in [3.05, 3.63) is 35.4 Å². The highest BCUT2D eigenvalue weighted by Crippen LogP contribution is 2.60. The summed E-state index contributed by atoms with van der Waals surface area (Å²) < 4.78 is 0. The molecular formula is C19H26N2O2. The van der Waals surface area contributed by atoms with Crippen LogP contribution in [0.1, 0.15) is 54.9 Å². The molecule has 5 atom stereocenters. The average Bonchev–Trinajstić information content (AvgIpc) is 3.32. The summed E-state index contributed by atoms with van der Waals surface area (Å²) in [6, 6.07) is 7.44. The van der Waals surface area contributed by atoms with E-state index >= 15 is 0 Å². The predicted molar refractivity (Wildman–Crippen MR) is 88.0 cm³/mol. The van der Waals surface area contributed by atoms with Crippen molar-refractivity contribution in [2.75, 3.05) is 0 Å². The molecule has 0 aromatic heterocycles. The van der Waals surface area contributed by atoms with Gasteiger partial charge in [-0.25, -0.2) is 5.48 Å². The minimum absolute atomic E-state index is 0.252. The summed E-state index contributed by atoms with van der Waals surface area (Å²) in [5.74, 6) is 3.50. The lowest BCUT2D eigenvalue weighted by Crippen LogP contribution is -2.49. The minimum atomic E-state index is -0.462. The molecule has 1 aromatic carbocycles. The van der Waals surface area contributed by atoms with E-state index in [1.54, 1.807) is 17.6 Å². The second-order valence-corrected chi connectivity index (χ2v) is 8.22. The summed E-state index contributed by atoms with van der Waals surface area (Å²) >= 11 is 0. The monoisotopic (exact) mass is 314 g/mol. The van der Waals surface area contributed by atoms with Crippen molar-refractivity contribution in [3.8, 4) is 0 Å². The Bertz CT molecular complexity index is 600. The van der Waals surface area contributed by atoms with Crippen molar-refractivity contribution in [1.82, 2.24) is 10.8 Å². The summed E-state index contributed by atoms with van der Waals surface area (Å²) in [6.07, 6.45) is 7.03. The lowest BCUT2D eigenvalue weighted by atomic mass is 9.65. The Balaban J connectivity index is 1.37. The molecule has 2 bridgehead atoms. The van der Waals surface area contributed by atoms with E-state index in [1.165, 1.54) is 37.7 Å². The molecule has 4 nitrogen and oxygen atoms in total. The number of carbonyl (C=O) groups excluding carboxylic acids is 1. The van der Waals surface area contributed by atoms with Crippen molar-refractivity contribution in [2.24, 2.45) is 23.7 Å². The third kappa shape index (κ3) is 3.02. The minimum Gasteiger partial charge on any atom is -0.307 e. The van der Waals surface area contributed by atoms with Gasteiger partial charge in [-0.15, -0.1) is 0 Å². The number of benzene rings is 1. The lowest BCUT2D eigenvalue weighted by Gasteiger charge is -2.46. The summed E-state index contributed by atoms with van der Waals surface area (Å²) in [5, 5.41) is 12.5. The molecule has 4 rings (SSSR count). The number of carbonyl (C=O) groups is 1. The quantitative estimate of drug-likeness (QED) is 0.591. The van der Waals surface area contributed by atoms with Crippen LogP contribution in [0.2, 0.25) is 0 Å². The van der Waals surface area contributed by atoms with Crippen LogP contribution in [0, 0.1) is 23.7 Å². The average molecular weight is 314 g/mol. The van der Waals surface area contributed by atoms with Gasteiger partial charge in [0.05, 0.1) is 0 Å². The van der Waals surface area contributed by atoms with Gasteiger partial charge >= 0.3 is 0 Å². The molecule has 0 radical (unpaired) electrons. The molecule has 3 N–H and O–H groups in total. The van der Waals surface area contributed by atoms with E-state index < -0.39 is 5.91 Å². The highest BCUT2D eigenvalue weighted by molar-refractivity contribution is 5.93. The second-order valence-electron chi connectivity index (χ2n) is 8.22. The second kappa shape index (κ2) is 5.60. The summed E-state index contributed by atoms with van der Waals surface area (Å²) in [4.78, 5) is 11.4. The highest BCUT2D eigenvalue weighted by Gasteiger charge is 2.53. The van der Waals surface area contributed by atoms with Gasteiger partial charge in [0, 0.05) is 17.6 Å². The van der Waals surface area contributed by atoms with E-state index in [0.717, 1.165) is 30.2 Å². The Morgan fingerprint density at radius 2 is 1.91 bits per heavy atom. The van der Waals surface area contributed by atoms with Crippen molar-refractivity contribution >= 4 is 5.91 Å². The Morgan fingerprint density at radius 3 is 2.65 bits per heavy atom. The van der Waals surface area contributed by atoms with Gasteiger partial charge < -0.3 is 5.32 Å². The highest BCUT2D eigenvalue weighted by atomic mass is 16.5. The number of hydrogen-bond donors (Lipinski definition) is 3. The van der Waals surface area contributed by atoms with Gasteiger partial charge in [-0.3, -0.25) is 10.0 Å². The standard InChI is InChI=1S/C19H26N2O2/c1-19(9-13-6-15-8-17(15)16(7-13)10-19)20-11-12-2-4-14(5-3-12)18(22)21-23/h2-5,13,15-17,20,23H,6-11H2,1H3,(H,21,22). The van der Waals surface area contributed by atoms with Gasteiger partial charge in [0.15, 0.2) is 0 Å². The molecular weight excluding hydrogens is 288 g/mol. The van der Waals surface area contributed by atoms with Crippen LogP contribution in [0.15, 0.2) is 24.3 Å². The van der Waals surface area contributed by atoms with E-state index in [4.69, 9.17) is 5.21 Å². The van der Waals surface area contributed by atoms with Crippen molar-refractivity contribution in [2.45, 2.75) is 51.1 Å². The van der Waals surface area contributed by atoms with Gasteiger partial charge in [-0.1, -0.05) is 12.1 Å². The third-order valence-electron chi connectivity index (χ3n) is 6.34. The summed E-state index contributed by atoms with van der Waals surface area (Å²) in [6.45, 7) is 3.23. The van der Waals surface area contributed by atoms with Crippen molar-refractivity contribution < 1.29 is 10.0 Å². The maximum atomic E-state index is 11.4. The predicted octanol–water partition coefficient (Wildman–Crippen LogP) is 3.11. The molecule has 0 aliphatic heterocycles. The fourth-order valence-corrected chi connectivity index (χ4v) is 5.25. The van der Waals surface area contributed by atoms with Crippen LogP contribution in [0.4, 0.5) is 0 Å². The number of fused-ring (bicyclic) bond motifs is 4. The number of hydrogen-bond acceptors (Lipinski definition) is 3. The van der Waals surface area contributed by atoms with E-state index in [0.29, 0.717) is 5.56 Å². The molecule has 1 amide bonds. The molecule has 3 aliphatic carbocycles. The number of nitrogens with one attached hydrogen (secondary N) is 2. The van der Waals surface area contributed by atoms with Gasteiger partial charge in [0.2, 0.25) is 0 Å². The first-order valence-electron chi connectivity index (χ1n) is 8.85. The van der Waals surface area contributed by atoms with Crippen LogP contribution in [0.25, 0.3) is 0 Å². The topological polar surface area (TPSA) is 61.4 Å². The zero-order valence-electron chi connectivity index (χ0n) is 13.7. The number of amides is 1. The van der Waals surface area contributed by atoms with Crippen LogP contribution >= 0.6 is 0 Å². The van der Waals surface area contributed by atoms with E-state index in [1.807, 2.05) is 12.1 Å². The number of rotatable bonds is 4. The molecule has 124 valence electrons. The fraction of sp³-hybridized carbons (Fsp3) is 0.632. The maximum Gasteiger partial charge on any atom is 0.274 e. The molecule has 23 heavy (non-hydrogen) atoms. The first kappa shape index (κ1) is 15.2. The molecule has 1 aromatic rings. The van der Waals surface area contributed by atoms with Gasteiger partial charge in [-0.2, -0.15) is 0 Å². The smallest absolute Gasteiger partial charge is 0.274 e. The van der Waals surface area contributed by atoms with Crippen LogP contribution in [0.5, 0.6) is 0 Å². The lowest BCUT2D eigenvalue weighted by molar-refractivity contribution is 0.0706. The molecule has 4 heteroatoms. The molecule has 0 heterocycles. The molecule has 3 aliphatic rings. The van der Waals surface area contributed by atoms with E-state index in [2.05, 4.69) is 12.2 Å². The largest absolute Gasteiger partial charge is 0.307 e. The van der Waals surface area contributed by atoms with E-state index in [9.17, 15) is 4.79 Å². The Hall–Kier alpha value is -1.39. The Morgan fingerprint density at radius 1 is 1.17 bits per heavy atom. The van der Waals surface area contributed by atoms with Gasteiger partial charge in [-0.05, 0) is 80.4 Å². The molecule has 3 saturated carbocycles. The first-order chi connectivity index (χ1) is 11.1. The van der Waals surface area contributed by atoms with Crippen molar-refractivity contribution in [3.63, 3.8) is 0 Å². The van der Waals surface area contributed by atoms with E-state index in [-0.39, 0.29) is 5.54 Å². The molecule has 0 saturated heterocycles. The zero-order chi connectivity index (χ0) is 16.0. The zero-order valence-corrected chi connectivity index (χ0v) is 13.7. The molecule has 5 unspecified atom stereocenters. The third-order valence-corrected chi connectivity index (χ3v) is 6.34. The molecule has 0 spiro atoms. The SMILES string of the molecule is CC1(NCc2ccc(C(=O)NO)cc2)CC2CC3CC3C(C2)C1. The summed E-state index contributed by atoms with van der Waals surface area (Å²) in [5.41, 5.74) is 3.58. The van der Waals surface area contributed by atoms with Crippen LogP contribution in [-0.2, 0) is 6.54 Å². The normalized spacial score (nSPS) is 37.8. The Kier molecular flexibility index (Phi) is 3.69.